The summed E-state index contributed by atoms with van der Waals surface area (Å²) in [5, 5.41) is 4.24. The first kappa shape index (κ1) is 12.4. The number of aromatic nitrogens is 2. The van der Waals surface area contributed by atoms with Crippen LogP contribution in [-0.4, -0.2) is 28.1 Å². The van der Waals surface area contributed by atoms with E-state index < -0.39 is 11.8 Å². The summed E-state index contributed by atoms with van der Waals surface area (Å²) >= 11 is 0. The SMILES string of the molecule is NC(=O)C1CC(=O)N(c2ccnn2-c2ccccc2)C1. The summed E-state index contributed by atoms with van der Waals surface area (Å²) in [6.07, 6.45) is 1.79. The Hall–Kier alpha value is -2.63. The summed E-state index contributed by atoms with van der Waals surface area (Å²) in [7, 11) is 0. The molecule has 2 amide bonds. The van der Waals surface area contributed by atoms with Crippen molar-refractivity contribution in [3.05, 3.63) is 42.6 Å². The highest BCUT2D eigenvalue weighted by atomic mass is 16.2. The van der Waals surface area contributed by atoms with Crippen LogP contribution in [0.5, 0.6) is 0 Å². The summed E-state index contributed by atoms with van der Waals surface area (Å²) in [6.45, 7) is 0.312. The second-order valence-electron chi connectivity index (χ2n) is 4.74. The van der Waals surface area contributed by atoms with E-state index in [1.807, 2.05) is 30.3 Å². The third-order valence-electron chi connectivity index (χ3n) is 3.43. The van der Waals surface area contributed by atoms with Gasteiger partial charge in [0, 0.05) is 19.0 Å². The molecule has 2 heterocycles. The van der Waals surface area contributed by atoms with E-state index in [1.54, 1.807) is 21.8 Å². The number of anilines is 1. The van der Waals surface area contributed by atoms with E-state index in [4.69, 9.17) is 5.73 Å². The van der Waals surface area contributed by atoms with Crippen molar-refractivity contribution in [2.75, 3.05) is 11.4 Å². The summed E-state index contributed by atoms with van der Waals surface area (Å²) in [4.78, 5) is 24.9. The highest BCUT2D eigenvalue weighted by Crippen LogP contribution is 2.26. The van der Waals surface area contributed by atoms with Gasteiger partial charge in [-0.1, -0.05) is 18.2 Å². The molecule has 6 nitrogen and oxygen atoms in total. The van der Waals surface area contributed by atoms with Gasteiger partial charge in [0.15, 0.2) is 0 Å². The second-order valence-corrected chi connectivity index (χ2v) is 4.74. The fourth-order valence-corrected chi connectivity index (χ4v) is 2.39. The molecule has 0 aliphatic carbocycles. The minimum absolute atomic E-state index is 0.105. The standard InChI is InChI=1S/C14H14N4O2/c15-14(20)10-8-13(19)17(9-10)12-6-7-16-18(12)11-4-2-1-3-5-11/h1-7,10H,8-9H2,(H2,15,20). The van der Waals surface area contributed by atoms with E-state index in [0.717, 1.165) is 5.69 Å². The van der Waals surface area contributed by atoms with Gasteiger partial charge in [-0.15, -0.1) is 0 Å². The third-order valence-corrected chi connectivity index (χ3v) is 3.43. The zero-order valence-electron chi connectivity index (χ0n) is 10.8. The van der Waals surface area contributed by atoms with Gasteiger partial charge in [0.25, 0.3) is 0 Å². The number of para-hydroxylation sites is 1. The molecule has 1 aromatic carbocycles. The molecule has 1 fully saturated rings. The summed E-state index contributed by atoms with van der Waals surface area (Å²) in [5.41, 5.74) is 6.15. The van der Waals surface area contributed by atoms with Crippen molar-refractivity contribution in [3.63, 3.8) is 0 Å². The first-order chi connectivity index (χ1) is 9.66. The van der Waals surface area contributed by atoms with Crippen molar-refractivity contribution < 1.29 is 9.59 Å². The molecule has 1 unspecified atom stereocenters. The topological polar surface area (TPSA) is 81.2 Å². The predicted octanol–water partition coefficient (Wildman–Crippen LogP) is 0.710. The van der Waals surface area contributed by atoms with Gasteiger partial charge in [0.1, 0.15) is 5.82 Å². The molecule has 2 N–H and O–H groups in total. The van der Waals surface area contributed by atoms with Crippen LogP contribution in [0.2, 0.25) is 0 Å². The molecule has 1 aliphatic heterocycles. The van der Waals surface area contributed by atoms with Crippen LogP contribution in [-0.2, 0) is 9.59 Å². The Bertz CT molecular complexity index is 650. The highest BCUT2D eigenvalue weighted by Gasteiger charge is 2.35. The minimum Gasteiger partial charge on any atom is -0.369 e. The normalized spacial score (nSPS) is 18.5. The first-order valence-corrected chi connectivity index (χ1v) is 6.36. The fraction of sp³-hybridized carbons (Fsp3) is 0.214. The van der Waals surface area contributed by atoms with Gasteiger partial charge >= 0.3 is 0 Å². The molecule has 0 saturated carbocycles. The molecule has 0 spiro atoms. The quantitative estimate of drug-likeness (QED) is 0.891. The van der Waals surface area contributed by atoms with Gasteiger partial charge in [-0.25, -0.2) is 4.68 Å². The van der Waals surface area contributed by atoms with Crippen molar-refractivity contribution in [2.24, 2.45) is 11.7 Å². The number of carbonyl (C=O) groups is 2. The maximum Gasteiger partial charge on any atom is 0.229 e. The lowest BCUT2D eigenvalue weighted by Gasteiger charge is -2.17. The van der Waals surface area contributed by atoms with Crippen LogP contribution >= 0.6 is 0 Å². The van der Waals surface area contributed by atoms with Crippen molar-refractivity contribution in [1.29, 1.82) is 0 Å². The first-order valence-electron chi connectivity index (χ1n) is 6.36. The predicted molar refractivity (Wildman–Crippen MR) is 73.2 cm³/mol. The van der Waals surface area contributed by atoms with E-state index in [2.05, 4.69) is 5.10 Å². The van der Waals surface area contributed by atoms with Crippen LogP contribution in [0.15, 0.2) is 42.6 Å². The van der Waals surface area contributed by atoms with E-state index in [1.165, 1.54) is 0 Å². The summed E-state index contributed by atoms with van der Waals surface area (Å²) in [5.74, 6) is -0.315. The van der Waals surface area contributed by atoms with Crippen LogP contribution < -0.4 is 10.6 Å². The van der Waals surface area contributed by atoms with Crippen LogP contribution in [0.1, 0.15) is 6.42 Å². The Morgan fingerprint density at radius 1 is 1.25 bits per heavy atom. The van der Waals surface area contributed by atoms with E-state index in [-0.39, 0.29) is 12.3 Å². The molecule has 1 aromatic heterocycles. The number of carbonyl (C=O) groups excluding carboxylic acids is 2. The van der Waals surface area contributed by atoms with Crippen LogP contribution in [0.25, 0.3) is 5.69 Å². The molecular formula is C14H14N4O2. The van der Waals surface area contributed by atoms with E-state index in [9.17, 15) is 9.59 Å². The molecule has 1 aliphatic rings. The minimum atomic E-state index is -0.438. The molecule has 6 heteroatoms. The Labute approximate surface area is 115 Å². The number of rotatable bonds is 3. The molecule has 20 heavy (non-hydrogen) atoms. The number of amides is 2. The van der Waals surface area contributed by atoms with E-state index in [0.29, 0.717) is 12.4 Å². The molecular weight excluding hydrogens is 256 g/mol. The van der Waals surface area contributed by atoms with Crippen LogP contribution in [0.3, 0.4) is 0 Å². The summed E-state index contributed by atoms with van der Waals surface area (Å²) < 4.78 is 1.68. The van der Waals surface area contributed by atoms with E-state index >= 15 is 0 Å². The number of hydrogen-bond acceptors (Lipinski definition) is 3. The maximum atomic E-state index is 12.0. The third kappa shape index (κ3) is 2.05. The second kappa shape index (κ2) is 4.80. The molecule has 0 bridgehead atoms. The van der Waals surface area contributed by atoms with Crippen molar-refractivity contribution >= 4 is 17.6 Å². The smallest absolute Gasteiger partial charge is 0.229 e. The molecule has 1 saturated heterocycles. The number of hydrogen-bond donors (Lipinski definition) is 1. The number of primary amides is 1. The van der Waals surface area contributed by atoms with Gasteiger partial charge < -0.3 is 5.73 Å². The largest absolute Gasteiger partial charge is 0.369 e. The van der Waals surface area contributed by atoms with Gasteiger partial charge in [-0.2, -0.15) is 5.10 Å². The van der Waals surface area contributed by atoms with Crippen LogP contribution in [0.4, 0.5) is 5.82 Å². The van der Waals surface area contributed by atoms with Crippen molar-refractivity contribution in [1.82, 2.24) is 9.78 Å². The average molecular weight is 270 g/mol. The maximum absolute atomic E-state index is 12.0. The molecule has 102 valence electrons. The van der Waals surface area contributed by atoms with Gasteiger partial charge in [0.2, 0.25) is 11.8 Å². The lowest BCUT2D eigenvalue weighted by Crippen LogP contribution is -2.29. The van der Waals surface area contributed by atoms with Crippen molar-refractivity contribution in [3.8, 4) is 5.69 Å². The monoisotopic (exact) mass is 270 g/mol. The zero-order valence-corrected chi connectivity index (χ0v) is 10.8. The molecule has 3 rings (SSSR count). The number of nitrogens with zero attached hydrogens (tertiary/aromatic N) is 3. The Kier molecular flexibility index (Phi) is 2.98. The van der Waals surface area contributed by atoms with Crippen LogP contribution in [0, 0.1) is 5.92 Å². The van der Waals surface area contributed by atoms with Gasteiger partial charge in [-0.05, 0) is 12.1 Å². The molecule has 2 aromatic rings. The number of benzene rings is 1. The van der Waals surface area contributed by atoms with Crippen molar-refractivity contribution in [2.45, 2.75) is 6.42 Å². The highest BCUT2D eigenvalue weighted by molar-refractivity contribution is 5.99. The Morgan fingerprint density at radius 2 is 2.00 bits per heavy atom. The fourth-order valence-electron chi connectivity index (χ4n) is 2.39. The summed E-state index contributed by atoms with van der Waals surface area (Å²) in [6, 6.07) is 11.3. The zero-order chi connectivity index (χ0) is 14.1. The molecule has 1 atom stereocenters. The Balaban J connectivity index is 1.95. The molecule has 0 radical (unpaired) electrons. The van der Waals surface area contributed by atoms with Gasteiger partial charge in [-0.3, -0.25) is 14.5 Å². The number of nitrogens with two attached hydrogens (primary N) is 1. The average Bonchev–Trinajstić information content (AvgIpc) is 3.05. The lowest BCUT2D eigenvalue weighted by atomic mass is 10.1. The lowest BCUT2D eigenvalue weighted by molar-refractivity contribution is -0.123. The van der Waals surface area contributed by atoms with Gasteiger partial charge in [0.05, 0.1) is 17.8 Å². The Morgan fingerprint density at radius 3 is 2.65 bits per heavy atom.